The normalized spacial score (nSPS) is 19.0. The third-order valence-corrected chi connectivity index (χ3v) is 3.46. The van der Waals surface area contributed by atoms with Crippen LogP contribution in [-0.4, -0.2) is 24.7 Å². The van der Waals surface area contributed by atoms with E-state index in [1.54, 1.807) is 0 Å². The fourth-order valence-corrected chi connectivity index (χ4v) is 1.95. The van der Waals surface area contributed by atoms with Crippen LogP contribution in [0.25, 0.3) is 0 Å². The Morgan fingerprint density at radius 1 is 1.38 bits per heavy atom. The molecule has 94 valence electrons. The lowest BCUT2D eigenvalue weighted by molar-refractivity contribution is -0.131. The molecule has 1 aliphatic rings. The first-order chi connectivity index (χ1) is 7.37. The monoisotopic (exact) mass is 227 g/mol. The molecule has 1 amide bonds. The molecule has 1 N–H and O–H groups in total. The maximum atomic E-state index is 11.6. The van der Waals surface area contributed by atoms with Gasteiger partial charge in [0.15, 0.2) is 0 Å². The fourth-order valence-electron chi connectivity index (χ4n) is 1.95. The van der Waals surface area contributed by atoms with E-state index >= 15 is 0 Å². The molecule has 0 aliphatic heterocycles. The van der Waals surface area contributed by atoms with Gasteiger partial charge >= 0.3 is 0 Å². The SMILES string of the molecule is CCC1(CNC(=O)COC(C)(C)C)CCC1. The van der Waals surface area contributed by atoms with Gasteiger partial charge in [-0.1, -0.05) is 13.3 Å². The van der Waals surface area contributed by atoms with Gasteiger partial charge in [0.1, 0.15) is 6.61 Å². The Balaban J connectivity index is 2.20. The first-order valence-electron chi connectivity index (χ1n) is 6.28. The molecule has 1 fully saturated rings. The minimum absolute atomic E-state index is 0.00894. The van der Waals surface area contributed by atoms with Crippen LogP contribution >= 0.6 is 0 Å². The van der Waals surface area contributed by atoms with Crippen molar-refractivity contribution in [3.05, 3.63) is 0 Å². The summed E-state index contributed by atoms with van der Waals surface area (Å²) >= 11 is 0. The van der Waals surface area contributed by atoms with Crippen molar-refractivity contribution >= 4 is 5.91 Å². The third kappa shape index (κ3) is 4.12. The number of nitrogens with one attached hydrogen (secondary N) is 1. The van der Waals surface area contributed by atoms with E-state index in [0.29, 0.717) is 5.41 Å². The van der Waals surface area contributed by atoms with Crippen LogP contribution in [0.1, 0.15) is 53.4 Å². The van der Waals surface area contributed by atoms with E-state index in [1.807, 2.05) is 20.8 Å². The molecule has 0 unspecified atom stereocenters. The van der Waals surface area contributed by atoms with Gasteiger partial charge in [0, 0.05) is 6.54 Å². The Labute approximate surface area is 98.9 Å². The minimum Gasteiger partial charge on any atom is -0.366 e. The molecule has 0 spiro atoms. The van der Waals surface area contributed by atoms with Crippen LogP contribution < -0.4 is 5.32 Å². The zero-order chi connectivity index (χ0) is 12.2. The summed E-state index contributed by atoms with van der Waals surface area (Å²) in [7, 11) is 0. The Hall–Kier alpha value is -0.570. The third-order valence-electron chi connectivity index (χ3n) is 3.46. The molecule has 3 heteroatoms. The van der Waals surface area contributed by atoms with Crippen LogP contribution in [0.15, 0.2) is 0 Å². The van der Waals surface area contributed by atoms with E-state index in [0.717, 1.165) is 13.0 Å². The number of hydrogen-bond acceptors (Lipinski definition) is 2. The fraction of sp³-hybridized carbons (Fsp3) is 0.923. The molecule has 3 nitrogen and oxygen atoms in total. The van der Waals surface area contributed by atoms with Gasteiger partial charge in [0.05, 0.1) is 5.60 Å². The summed E-state index contributed by atoms with van der Waals surface area (Å²) in [5.74, 6) is 0.00894. The second kappa shape index (κ2) is 5.17. The van der Waals surface area contributed by atoms with E-state index in [2.05, 4.69) is 12.2 Å². The second-order valence-corrected chi connectivity index (χ2v) is 5.88. The van der Waals surface area contributed by atoms with Gasteiger partial charge in [-0.3, -0.25) is 4.79 Å². The Morgan fingerprint density at radius 3 is 2.38 bits per heavy atom. The quantitative estimate of drug-likeness (QED) is 0.783. The summed E-state index contributed by atoms with van der Waals surface area (Å²) < 4.78 is 5.43. The van der Waals surface area contributed by atoms with Gasteiger partial charge in [0.2, 0.25) is 5.91 Å². The van der Waals surface area contributed by atoms with Gasteiger partial charge in [-0.2, -0.15) is 0 Å². The first-order valence-corrected chi connectivity index (χ1v) is 6.28. The molecule has 0 heterocycles. The summed E-state index contributed by atoms with van der Waals surface area (Å²) in [6.45, 7) is 9.06. The highest BCUT2D eigenvalue weighted by Gasteiger charge is 2.35. The van der Waals surface area contributed by atoms with Gasteiger partial charge < -0.3 is 10.1 Å². The van der Waals surface area contributed by atoms with E-state index in [1.165, 1.54) is 19.3 Å². The maximum absolute atomic E-state index is 11.6. The summed E-state index contributed by atoms with van der Waals surface area (Å²) in [5.41, 5.74) is 0.146. The summed E-state index contributed by atoms with van der Waals surface area (Å²) in [6.07, 6.45) is 4.98. The van der Waals surface area contributed by atoms with Gasteiger partial charge in [-0.15, -0.1) is 0 Å². The van der Waals surface area contributed by atoms with Crippen LogP contribution in [0.5, 0.6) is 0 Å². The van der Waals surface area contributed by atoms with Crippen LogP contribution in [0.4, 0.5) is 0 Å². The molecule has 0 atom stereocenters. The molecular formula is C13H25NO2. The van der Waals surface area contributed by atoms with Crippen molar-refractivity contribution in [2.24, 2.45) is 5.41 Å². The highest BCUT2D eigenvalue weighted by Crippen LogP contribution is 2.42. The Kier molecular flexibility index (Phi) is 4.36. The van der Waals surface area contributed by atoms with Gasteiger partial charge in [0.25, 0.3) is 0 Å². The van der Waals surface area contributed by atoms with Crippen LogP contribution in [0.3, 0.4) is 0 Å². The molecule has 0 bridgehead atoms. The summed E-state index contributed by atoms with van der Waals surface area (Å²) in [4.78, 5) is 11.6. The summed E-state index contributed by atoms with van der Waals surface area (Å²) in [5, 5.41) is 2.98. The molecule has 0 aromatic rings. The van der Waals surface area contributed by atoms with Crippen LogP contribution in [0.2, 0.25) is 0 Å². The van der Waals surface area contributed by atoms with Crippen molar-refractivity contribution in [1.82, 2.24) is 5.32 Å². The highest BCUT2D eigenvalue weighted by atomic mass is 16.5. The van der Waals surface area contributed by atoms with Crippen molar-refractivity contribution in [2.45, 2.75) is 59.0 Å². The highest BCUT2D eigenvalue weighted by molar-refractivity contribution is 5.77. The summed E-state index contributed by atoms with van der Waals surface area (Å²) in [6, 6.07) is 0. The predicted octanol–water partition coefficient (Wildman–Crippen LogP) is 2.50. The lowest BCUT2D eigenvalue weighted by atomic mass is 9.67. The minimum atomic E-state index is -0.240. The predicted molar refractivity (Wildman–Crippen MR) is 65.3 cm³/mol. The lowest BCUT2D eigenvalue weighted by Crippen LogP contribution is -2.43. The average molecular weight is 227 g/mol. The van der Waals surface area contributed by atoms with Crippen molar-refractivity contribution in [2.75, 3.05) is 13.2 Å². The number of amides is 1. The molecule has 0 radical (unpaired) electrons. The van der Waals surface area contributed by atoms with Crippen molar-refractivity contribution < 1.29 is 9.53 Å². The molecule has 0 saturated heterocycles. The number of rotatable bonds is 5. The molecule has 16 heavy (non-hydrogen) atoms. The first kappa shape index (κ1) is 13.5. The Bertz CT molecular complexity index is 233. The van der Waals surface area contributed by atoms with Gasteiger partial charge in [-0.05, 0) is 45.4 Å². The van der Waals surface area contributed by atoms with E-state index in [-0.39, 0.29) is 18.1 Å². The standard InChI is InChI=1S/C13H25NO2/c1-5-13(7-6-8-13)10-14-11(15)9-16-12(2,3)4/h5-10H2,1-4H3,(H,14,15). The smallest absolute Gasteiger partial charge is 0.246 e. The molecule has 0 aromatic heterocycles. The zero-order valence-corrected chi connectivity index (χ0v) is 11.1. The van der Waals surface area contributed by atoms with Crippen LogP contribution in [-0.2, 0) is 9.53 Å². The zero-order valence-electron chi connectivity index (χ0n) is 11.1. The van der Waals surface area contributed by atoms with Gasteiger partial charge in [-0.25, -0.2) is 0 Å². The van der Waals surface area contributed by atoms with Crippen molar-refractivity contribution in [1.29, 1.82) is 0 Å². The average Bonchev–Trinajstić information content (AvgIpc) is 2.13. The molecule has 1 saturated carbocycles. The van der Waals surface area contributed by atoms with Crippen molar-refractivity contribution in [3.8, 4) is 0 Å². The largest absolute Gasteiger partial charge is 0.366 e. The molecule has 1 aliphatic carbocycles. The Morgan fingerprint density at radius 2 is 2.00 bits per heavy atom. The number of ether oxygens (including phenoxy) is 1. The maximum Gasteiger partial charge on any atom is 0.246 e. The van der Waals surface area contributed by atoms with E-state index in [4.69, 9.17) is 4.74 Å². The number of carbonyl (C=O) groups is 1. The van der Waals surface area contributed by atoms with Crippen LogP contribution in [0, 0.1) is 5.41 Å². The van der Waals surface area contributed by atoms with E-state index in [9.17, 15) is 4.79 Å². The van der Waals surface area contributed by atoms with E-state index < -0.39 is 0 Å². The molecular weight excluding hydrogens is 202 g/mol. The molecule has 0 aromatic carbocycles. The second-order valence-electron chi connectivity index (χ2n) is 5.88. The number of hydrogen-bond donors (Lipinski definition) is 1. The lowest BCUT2D eigenvalue weighted by Gasteiger charge is -2.41. The number of carbonyl (C=O) groups excluding carboxylic acids is 1. The van der Waals surface area contributed by atoms with Crippen molar-refractivity contribution in [3.63, 3.8) is 0 Å². The topological polar surface area (TPSA) is 38.3 Å². The molecule has 1 rings (SSSR count).